The molecule has 4 rings (SSSR count). The zero-order valence-corrected chi connectivity index (χ0v) is 22.7. The van der Waals surface area contributed by atoms with Crippen LogP contribution in [-0.2, 0) is 11.0 Å². The minimum absolute atomic E-state index is 0.0603. The van der Waals surface area contributed by atoms with Gasteiger partial charge >= 0.3 is 18.1 Å². The van der Waals surface area contributed by atoms with Gasteiger partial charge in [-0.1, -0.05) is 30.3 Å². The average molecular weight is 560 g/mol. The van der Waals surface area contributed by atoms with Gasteiger partial charge in [0.2, 0.25) is 11.2 Å². The highest BCUT2D eigenvalue weighted by Gasteiger charge is 2.33. The van der Waals surface area contributed by atoms with Crippen molar-refractivity contribution in [1.29, 1.82) is 0 Å². The molecule has 0 aliphatic heterocycles. The average Bonchev–Trinajstić information content (AvgIpc) is 3.36. The summed E-state index contributed by atoms with van der Waals surface area (Å²) in [4.78, 5) is 27.5. The maximum atomic E-state index is 13.6. The van der Waals surface area contributed by atoms with Gasteiger partial charge in [0.15, 0.2) is 6.04 Å². The number of benzene rings is 2. The zero-order valence-electron chi connectivity index (χ0n) is 22.7. The summed E-state index contributed by atoms with van der Waals surface area (Å²) in [5.41, 5.74) is -0.548. The van der Waals surface area contributed by atoms with Crippen molar-refractivity contribution < 1.29 is 32.0 Å². The van der Waals surface area contributed by atoms with E-state index in [1.807, 2.05) is 0 Å². The third-order valence-corrected chi connectivity index (χ3v) is 7.01. The van der Waals surface area contributed by atoms with Crippen LogP contribution in [0.2, 0.25) is 0 Å². The minimum Gasteiger partial charge on any atom is -0.325 e. The molecular weight excluding hydrogens is 525 g/mol. The van der Waals surface area contributed by atoms with E-state index in [0.29, 0.717) is 5.92 Å². The molecule has 40 heavy (non-hydrogen) atoms. The topological polar surface area (TPSA) is 103 Å². The first-order chi connectivity index (χ1) is 19.0. The quantitative estimate of drug-likeness (QED) is 0.309. The predicted octanol–water partition coefficient (Wildman–Crippen LogP) is 5.66. The lowest BCUT2D eigenvalue weighted by atomic mass is 9.86. The van der Waals surface area contributed by atoms with E-state index >= 15 is 0 Å². The summed E-state index contributed by atoms with van der Waals surface area (Å²) in [5, 5.41) is 11.4. The van der Waals surface area contributed by atoms with Crippen LogP contribution in [0.15, 0.2) is 59.3 Å². The molecule has 1 aliphatic carbocycles. The van der Waals surface area contributed by atoms with Crippen LogP contribution >= 0.6 is 0 Å². The highest BCUT2D eigenvalue weighted by atomic mass is 19.4. The first-order valence-corrected chi connectivity index (χ1v) is 13.2. The molecule has 0 bridgehead atoms. The predicted molar refractivity (Wildman–Crippen MR) is 144 cm³/mol. The second kappa shape index (κ2) is 12.5. The molecule has 1 aliphatic rings. The lowest BCUT2D eigenvalue weighted by Gasteiger charge is -2.26. The number of aromatic nitrogens is 2. The molecule has 2 aromatic carbocycles. The van der Waals surface area contributed by atoms with E-state index in [-0.39, 0.29) is 23.3 Å². The molecule has 3 aromatic rings. The van der Waals surface area contributed by atoms with Gasteiger partial charge in [-0.25, -0.2) is 4.79 Å². The largest absolute Gasteiger partial charge is 0.416 e. The summed E-state index contributed by atoms with van der Waals surface area (Å²) < 4.78 is 47.7. The number of anilines is 3. The van der Waals surface area contributed by atoms with Crippen LogP contribution in [0.3, 0.4) is 0 Å². The minimum atomic E-state index is -4.69. The maximum absolute atomic E-state index is 13.6. The van der Waals surface area contributed by atoms with Crippen molar-refractivity contribution in [2.24, 2.45) is 5.92 Å². The Labute approximate surface area is 230 Å². The van der Waals surface area contributed by atoms with Crippen LogP contribution in [0.1, 0.15) is 55.7 Å². The van der Waals surface area contributed by atoms with Crippen molar-refractivity contribution >= 4 is 29.2 Å². The molecule has 0 radical (unpaired) electrons. The highest BCUT2D eigenvalue weighted by Crippen LogP contribution is 2.34. The highest BCUT2D eigenvalue weighted by molar-refractivity contribution is 6.00. The summed E-state index contributed by atoms with van der Waals surface area (Å²) in [6.45, 7) is 2.69. The summed E-state index contributed by atoms with van der Waals surface area (Å²) in [7, 11) is 4.12. The molecule has 214 valence electrons. The maximum Gasteiger partial charge on any atom is 0.416 e. The smallest absolute Gasteiger partial charge is 0.325 e. The molecular formula is C28H34F3N6O3+. The lowest BCUT2D eigenvalue weighted by molar-refractivity contribution is -0.787. The van der Waals surface area contributed by atoms with Gasteiger partial charge in [-0.3, -0.25) is 14.6 Å². The summed E-state index contributed by atoms with van der Waals surface area (Å²) in [6, 6.07) is 11.1. The number of rotatable bonds is 8. The molecule has 3 amide bonds. The van der Waals surface area contributed by atoms with Crippen LogP contribution in [0, 0.1) is 5.92 Å². The van der Waals surface area contributed by atoms with Crippen molar-refractivity contribution in [1.82, 2.24) is 10.2 Å². The molecule has 12 heteroatoms. The fourth-order valence-corrected chi connectivity index (χ4v) is 4.95. The van der Waals surface area contributed by atoms with Gasteiger partial charge in [-0.05, 0) is 68.2 Å². The van der Waals surface area contributed by atoms with Crippen LogP contribution in [0.4, 0.5) is 35.2 Å². The summed E-state index contributed by atoms with van der Waals surface area (Å²) in [5.74, 6) is -0.393. The van der Waals surface area contributed by atoms with E-state index in [9.17, 15) is 22.8 Å². The van der Waals surface area contributed by atoms with E-state index < -0.39 is 29.6 Å². The number of carbonyl (C=O) groups is 2. The van der Waals surface area contributed by atoms with E-state index in [1.54, 1.807) is 48.1 Å². The van der Waals surface area contributed by atoms with E-state index in [1.165, 1.54) is 6.07 Å². The van der Waals surface area contributed by atoms with E-state index in [0.717, 1.165) is 49.9 Å². The summed E-state index contributed by atoms with van der Waals surface area (Å²) >= 11 is 0. The van der Waals surface area contributed by atoms with Crippen LogP contribution in [0.25, 0.3) is 0 Å². The lowest BCUT2D eigenvalue weighted by Crippen LogP contribution is -2.43. The fourth-order valence-electron chi connectivity index (χ4n) is 4.95. The number of urea groups is 1. The molecule has 1 aromatic heterocycles. The van der Waals surface area contributed by atoms with Gasteiger partial charge in [0.05, 0.1) is 11.5 Å². The van der Waals surface area contributed by atoms with Crippen molar-refractivity contribution in [3.8, 4) is 0 Å². The Bertz CT molecular complexity index is 1300. The van der Waals surface area contributed by atoms with Gasteiger partial charge in [-0.15, -0.1) is 0 Å². The number of alkyl halides is 3. The second-order valence-corrected chi connectivity index (χ2v) is 10.5. The molecule has 0 unspecified atom stereocenters. The number of amides is 3. The Morgan fingerprint density at radius 2 is 1.68 bits per heavy atom. The van der Waals surface area contributed by atoms with Crippen LogP contribution in [-0.4, -0.2) is 42.7 Å². The molecule has 0 saturated heterocycles. The molecule has 9 nitrogen and oxygen atoms in total. The zero-order chi connectivity index (χ0) is 28.9. The van der Waals surface area contributed by atoms with Gasteiger partial charge in [0.1, 0.15) is 0 Å². The first kappa shape index (κ1) is 29.1. The van der Waals surface area contributed by atoms with Crippen LogP contribution in [0.5, 0.6) is 0 Å². The second-order valence-electron chi connectivity index (χ2n) is 10.5. The Hall–Kier alpha value is -3.93. The Kier molecular flexibility index (Phi) is 9.08. The van der Waals surface area contributed by atoms with E-state index in [4.69, 9.17) is 4.52 Å². The Morgan fingerprint density at radius 1 is 1.02 bits per heavy atom. The molecule has 3 N–H and O–H groups in total. The Balaban J connectivity index is 1.40. The monoisotopic (exact) mass is 559 g/mol. The SMILES string of the molecule is C[C@@H](C(=O)Nc1cc(NC(=O)Nc2c[n+](C3CCC(CN(C)C)CC3)no2)cc(C(F)(F)F)c1)c1ccccc1. The summed E-state index contributed by atoms with van der Waals surface area (Å²) in [6.07, 6.45) is 0.862. The van der Waals surface area contributed by atoms with Gasteiger partial charge in [0, 0.05) is 30.8 Å². The van der Waals surface area contributed by atoms with Crippen molar-refractivity contribution in [3.63, 3.8) is 0 Å². The van der Waals surface area contributed by atoms with Gasteiger partial charge in [0.25, 0.3) is 6.20 Å². The number of carbonyl (C=O) groups excluding carboxylic acids is 2. The van der Waals surface area contributed by atoms with Crippen LogP contribution < -0.4 is 20.6 Å². The number of nitrogens with one attached hydrogen (secondary N) is 3. The Morgan fingerprint density at radius 3 is 2.30 bits per heavy atom. The fraction of sp³-hybridized carbons (Fsp3) is 0.429. The molecule has 1 saturated carbocycles. The molecule has 1 fully saturated rings. The normalized spacial score (nSPS) is 18.3. The number of hydrogen-bond donors (Lipinski definition) is 3. The molecule has 1 atom stereocenters. The molecule has 1 heterocycles. The standard InChI is InChI=1S/C28H33F3N6O3/c1-18(20-7-5-4-6-8-20)26(38)32-22-13-21(28(29,30)31)14-23(15-22)33-27(39)34-25-17-37(35-40-25)24-11-9-19(10-12-24)16-36(2)3/h4-8,13-15,17-19,24H,9-12,16H2,1-3H3,(H2-,32,33,34,35,38,39)/p+1/t18-,19?,24?/m1/s1. The van der Waals surface area contributed by atoms with Gasteiger partial charge in [-0.2, -0.15) is 13.2 Å². The van der Waals surface area contributed by atoms with Gasteiger partial charge < -0.3 is 15.5 Å². The third-order valence-electron chi connectivity index (χ3n) is 7.01. The van der Waals surface area contributed by atoms with Crippen molar-refractivity contribution in [2.45, 2.75) is 50.7 Å². The van der Waals surface area contributed by atoms with E-state index in [2.05, 4.69) is 40.2 Å². The number of halogens is 3. The molecule has 0 spiro atoms. The van der Waals surface area contributed by atoms with Crippen molar-refractivity contribution in [2.75, 3.05) is 36.6 Å². The van der Waals surface area contributed by atoms with Crippen molar-refractivity contribution in [3.05, 3.63) is 65.9 Å². The first-order valence-electron chi connectivity index (χ1n) is 13.2. The third kappa shape index (κ3) is 7.81. The number of hydrogen-bond acceptors (Lipinski definition) is 5. The number of nitrogens with zero attached hydrogens (tertiary/aromatic N) is 3.